The molecule has 9 heteroatoms. The van der Waals surface area contributed by atoms with Crippen LogP contribution in [0.2, 0.25) is 0 Å². The minimum atomic E-state index is -3.95. The van der Waals surface area contributed by atoms with Gasteiger partial charge in [-0.1, -0.05) is 25.5 Å². The number of hydrogen-bond acceptors (Lipinski definition) is 4. The van der Waals surface area contributed by atoms with Crippen molar-refractivity contribution in [2.45, 2.75) is 43.5 Å². The SMILES string of the molecule is CCCC(NC(=O)C1CCN(S(=O)(=O)c2ccccc2F)CC1)C(=O)O. The highest BCUT2D eigenvalue weighted by Gasteiger charge is 2.34. The Hall–Kier alpha value is -2.00. The Labute approximate surface area is 152 Å². The van der Waals surface area contributed by atoms with Crippen LogP contribution < -0.4 is 5.32 Å². The molecule has 26 heavy (non-hydrogen) atoms. The number of nitrogens with zero attached hydrogens (tertiary/aromatic N) is 1. The molecule has 1 amide bonds. The standard InChI is InChI=1S/C17H23FN2O5S/c1-2-5-14(17(22)23)19-16(21)12-8-10-20(11-9-12)26(24,25)15-7-4-3-6-13(15)18/h3-4,6-7,12,14H,2,5,8-11H2,1H3,(H,19,21)(H,22,23). The lowest BCUT2D eigenvalue weighted by Crippen LogP contribution is -2.47. The molecule has 1 fully saturated rings. The summed E-state index contributed by atoms with van der Waals surface area (Å²) < 4.78 is 40.1. The first-order valence-electron chi connectivity index (χ1n) is 8.55. The monoisotopic (exact) mass is 386 g/mol. The van der Waals surface area contributed by atoms with E-state index in [1.807, 2.05) is 6.92 Å². The number of halogens is 1. The molecular weight excluding hydrogens is 363 g/mol. The van der Waals surface area contributed by atoms with Gasteiger partial charge in [-0.2, -0.15) is 4.31 Å². The molecule has 0 aromatic heterocycles. The number of sulfonamides is 1. The van der Waals surface area contributed by atoms with Crippen LogP contribution in [-0.2, 0) is 19.6 Å². The van der Waals surface area contributed by atoms with Gasteiger partial charge in [0.25, 0.3) is 0 Å². The van der Waals surface area contributed by atoms with E-state index in [4.69, 9.17) is 5.11 Å². The molecule has 1 aromatic rings. The minimum absolute atomic E-state index is 0.0836. The van der Waals surface area contributed by atoms with Gasteiger partial charge in [-0.3, -0.25) is 4.79 Å². The van der Waals surface area contributed by atoms with Crippen LogP contribution in [0.25, 0.3) is 0 Å². The molecule has 0 radical (unpaired) electrons. The highest BCUT2D eigenvalue weighted by Crippen LogP contribution is 2.25. The van der Waals surface area contributed by atoms with Crippen LogP contribution in [0.1, 0.15) is 32.6 Å². The van der Waals surface area contributed by atoms with Gasteiger partial charge in [0.15, 0.2) is 0 Å². The van der Waals surface area contributed by atoms with Crippen molar-refractivity contribution in [3.8, 4) is 0 Å². The first-order chi connectivity index (χ1) is 12.3. The Balaban J connectivity index is 1.99. The van der Waals surface area contributed by atoms with Crippen LogP contribution in [0.5, 0.6) is 0 Å². The molecule has 144 valence electrons. The molecule has 1 saturated heterocycles. The maximum atomic E-state index is 13.8. The molecule has 7 nitrogen and oxygen atoms in total. The zero-order chi connectivity index (χ0) is 19.3. The van der Waals surface area contributed by atoms with Gasteiger partial charge >= 0.3 is 5.97 Å². The lowest BCUT2D eigenvalue weighted by molar-refractivity contribution is -0.142. The number of carboxylic acid groups (broad SMARTS) is 1. The Bertz CT molecular complexity index is 760. The molecule has 0 aliphatic carbocycles. The Kier molecular flexibility index (Phi) is 6.71. The van der Waals surface area contributed by atoms with Gasteiger partial charge in [-0.25, -0.2) is 17.6 Å². The van der Waals surface area contributed by atoms with Crippen LogP contribution in [0.3, 0.4) is 0 Å². The van der Waals surface area contributed by atoms with E-state index in [1.54, 1.807) is 0 Å². The van der Waals surface area contributed by atoms with Crippen LogP contribution in [0, 0.1) is 11.7 Å². The van der Waals surface area contributed by atoms with Crippen LogP contribution in [0.15, 0.2) is 29.2 Å². The zero-order valence-electron chi connectivity index (χ0n) is 14.5. The minimum Gasteiger partial charge on any atom is -0.480 e. The number of carbonyl (C=O) groups is 2. The lowest BCUT2D eigenvalue weighted by atomic mass is 9.96. The quantitative estimate of drug-likeness (QED) is 0.741. The Morgan fingerprint density at radius 2 is 1.92 bits per heavy atom. The summed E-state index contributed by atoms with van der Waals surface area (Å²) in [5, 5.41) is 11.6. The van der Waals surface area contributed by atoms with Crippen molar-refractivity contribution in [1.29, 1.82) is 0 Å². The van der Waals surface area contributed by atoms with E-state index < -0.39 is 33.8 Å². The highest BCUT2D eigenvalue weighted by atomic mass is 32.2. The van der Waals surface area contributed by atoms with E-state index in [0.29, 0.717) is 12.8 Å². The predicted octanol–water partition coefficient (Wildman–Crippen LogP) is 1.60. The molecule has 2 N–H and O–H groups in total. The summed E-state index contributed by atoms with van der Waals surface area (Å²) >= 11 is 0. The molecule has 1 atom stereocenters. The van der Waals surface area contributed by atoms with Crippen LogP contribution >= 0.6 is 0 Å². The number of piperidine rings is 1. The van der Waals surface area contributed by atoms with E-state index in [2.05, 4.69) is 5.32 Å². The van der Waals surface area contributed by atoms with Crippen molar-refractivity contribution in [2.24, 2.45) is 5.92 Å². The van der Waals surface area contributed by atoms with E-state index in [-0.39, 0.29) is 36.7 Å². The van der Waals surface area contributed by atoms with Crippen molar-refractivity contribution in [1.82, 2.24) is 9.62 Å². The molecule has 0 bridgehead atoms. The third-order valence-electron chi connectivity index (χ3n) is 4.47. The molecule has 1 aromatic carbocycles. The van der Waals surface area contributed by atoms with Crippen molar-refractivity contribution in [2.75, 3.05) is 13.1 Å². The van der Waals surface area contributed by atoms with Gasteiger partial charge in [-0.05, 0) is 31.4 Å². The number of benzene rings is 1. The van der Waals surface area contributed by atoms with Gasteiger partial charge in [0, 0.05) is 19.0 Å². The first-order valence-corrected chi connectivity index (χ1v) is 9.99. The van der Waals surface area contributed by atoms with E-state index >= 15 is 0 Å². The summed E-state index contributed by atoms with van der Waals surface area (Å²) in [6.45, 7) is 1.99. The van der Waals surface area contributed by atoms with Gasteiger partial charge in [-0.15, -0.1) is 0 Å². The second kappa shape index (κ2) is 8.59. The average Bonchev–Trinajstić information content (AvgIpc) is 2.61. The lowest BCUT2D eigenvalue weighted by Gasteiger charge is -2.31. The van der Waals surface area contributed by atoms with E-state index in [1.165, 1.54) is 18.2 Å². The molecule has 1 aliphatic heterocycles. The molecule has 1 aliphatic rings. The van der Waals surface area contributed by atoms with Gasteiger partial charge in [0.05, 0.1) is 0 Å². The fourth-order valence-corrected chi connectivity index (χ4v) is 4.52. The number of nitrogens with one attached hydrogen (secondary N) is 1. The van der Waals surface area contributed by atoms with E-state index in [0.717, 1.165) is 10.4 Å². The third-order valence-corrected chi connectivity index (χ3v) is 6.40. The molecule has 1 heterocycles. The van der Waals surface area contributed by atoms with Crippen molar-refractivity contribution < 1.29 is 27.5 Å². The van der Waals surface area contributed by atoms with Gasteiger partial charge in [0.2, 0.25) is 15.9 Å². The first kappa shape index (κ1) is 20.3. The Morgan fingerprint density at radius 3 is 2.46 bits per heavy atom. The van der Waals surface area contributed by atoms with E-state index in [9.17, 15) is 22.4 Å². The smallest absolute Gasteiger partial charge is 0.326 e. The fraction of sp³-hybridized carbons (Fsp3) is 0.529. The number of aliphatic carboxylic acids is 1. The Morgan fingerprint density at radius 1 is 1.31 bits per heavy atom. The maximum Gasteiger partial charge on any atom is 0.326 e. The summed E-state index contributed by atoms with van der Waals surface area (Å²) in [4.78, 5) is 23.0. The average molecular weight is 386 g/mol. The molecule has 0 spiro atoms. The van der Waals surface area contributed by atoms with Gasteiger partial charge < -0.3 is 10.4 Å². The van der Waals surface area contributed by atoms with Crippen molar-refractivity contribution in [3.63, 3.8) is 0 Å². The topological polar surface area (TPSA) is 104 Å². The molecule has 0 saturated carbocycles. The molecular formula is C17H23FN2O5S. The number of amides is 1. The zero-order valence-corrected chi connectivity index (χ0v) is 15.3. The summed E-state index contributed by atoms with van der Waals surface area (Å²) in [5.41, 5.74) is 0. The largest absolute Gasteiger partial charge is 0.480 e. The van der Waals surface area contributed by atoms with Crippen LogP contribution in [-0.4, -0.2) is 48.8 Å². The summed E-state index contributed by atoms with van der Waals surface area (Å²) in [6.07, 6.45) is 1.48. The summed E-state index contributed by atoms with van der Waals surface area (Å²) in [7, 11) is -3.95. The van der Waals surface area contributed by atoms with Crippen LogP contribution in [0.4, 0.5) is 4.39 Å². The van der Waals surface area contributed by atoms with Crippen molar-refractivity contribution >= 4 is 21.9 Å². The normalized spacial score (nSPS) is 17.6. The number of carboxylic acids is 1. The maximum absolute atomic E-state index is 13.8. The number of carbonyl (C=O) groups excluding carboxylic acids is 1. The predicted molar refractivity (Wildman–Crippen MR) is 92.4 cm³/mol. The fourth-order valence-electron chi connectivity index (χ4n) is 2.99. The second-order valence-corrected chi connectivity index (χ2v) is 8.20. The number of hydrogen-bond donors (Lipinski definition) is 2. The molecule has 1 unspecified atom stereocenters. The molecule has 2 rings (SSSR count). The van der Waals surface area contributed by atoms with Gasteiger partial charge in [0.1, 0.15) is 16.8 Å². The van der Waals surface area contributed by atoms with Crippen molar-refractivity contribution in [3.05, 3.63) is 30.1 Å². The highest BCUT2D eigenvalue weighted by molar-refractivity contribution is 7.89. The second-order valence-electron chi connectivity index (χ2n) is 6.30. The number of rotatable bonds is 7. The summed E-state index contributed by atoms with van der Waals surface area (Å²) in [6, 6.07) is 4.24. The summed E-state index contributed by atoms with van der Waals surface area (Å²) in [5.74, 6) is -2.73. The third kappa shape index (κ3) is 4.59.